The van der Waals surface area contributed by atoms with Crippen molar-refractivity contribution in [3.05, 3.63) is 65.5 Å². The Morgan fingerprint density at radius 2 is 1.80 bits per heavy atom. The van der Waals surface area contributed by atoms with Crippen LogP contribution in [0.25, 0.3) is 11.4 Å². The van der Waals surface area contributed by atoms with Crippen LogP contribution in [0.5, 0.6) is 0 Å². The number of hydrogen-bond donors (Lipinski definition) is 2. The van der Waals surface area contributed by atoms with E-state index in [2.05, 4.69) is 41.4 Å². The number of aromatic nitrogens is 2. The molecule has 0 aliphatic heterocycles. The topological polar surface area (TPSA) is 94.0 Å². The summed E-state index contributed by atoms with van der Waals surface area (Å²) in [5, 5.41) is 6.58. The molecule has 2 aromatic carbocycles. The van der Waals surface area contributed by atoms with Gasteiger partial charge in [-0.05, 0) is 29.2 Å². The molecule has 1 heterocycles. The number of primary amides is 1. The Bertz CT molecular complexity index is 852. The summed E-state index contributed by atoms with van der Waals surface area (Å²) < 4.78 is 5.34. The third-order valence-corrected chi connectivity index (χ3v) is 3.88. The Hall–Kier alpha value is -3.15. The van der Waals surface area contributed by atoms with Crippen LogP contribution in [0.4, 0.5) is 10.5 Å². The van der Waals surface area contributed by atoms with Crippen LogP contribution in [0.2, 0.25) is 0 Å². The van der Waals surface area contributed by atoms with Crippen LogP contribution in [0.15, 0.2) is 53.1 Å². The van der Waals surface area contributed by atoms with Crippen molar-refractivity contribution in [2.45, 2.75) is 26.2 Å². The van der Waals surface area contributed by atoms with E-state index in [0.29, 0.717) is 29.7 Å². The van der Waals surface area contributed by atoms with Crippen LogP contribution in [0, 0.1) is 0 Å². The fourth-order valence-corrected chi connectivity index (χ4v) is 2.48. The van der Waals surface area contributed by atoms with Crippen LogP contribution in [-0.4, -0.2) is 16.2 Å². The summed E-state index contributed by atoms with van der Waals surface area (Å²) in [7, 11) is 0. The normalized spacial score (nSPS) is 10.8. The summed E-state index contributed by atoms with van der Waals surface area (Å²) in [5.74, 6) is 1.61. The third kappa shape index (κ3) is 4.23. The van der Waals surface area contributed by atoms with E-state index in [9.17, 15) is 4.79 Å². The zero-order valence-electron chi connectivity index (χ0n) is 14.2. The molecule has 0 aliphatic rings. The van der Waals surface area contributed by atoms with Gasteiger partial charge in [0.15, 0.2) is 0 Å². The fraction of sp³-hybridized carbons (Fsp3) is 0.211. The highest BCUT2D eigenvalue weighted by Gasteiger charge is 2.10. The molecule has 2 amide bonds. The van der Waals surface area contributed by atoms with Crippen LogP contribution in [0.1, 0.15) is 36.8 Å². The van der Waals surface area contributed by atoms with Crippen molar-refractivity contribution in [3.8, 4) is 11.4 Å². The van der Waals surface area contributed by atoms with Crippen molar-refractivity contribution >= 4 is 11.7 Å². The second-order valence-corrected chi connectivity index (χ2v) is 6.15. The molecule has 6 heteroatoms. The Balaban J connectivity index is 1.70. The summed E-state index contributed by atoms with van der Waals surface area (Å²) >= 11 is 0. The predicted octanol–water partition coefficient (Wildman–Crippen LogP) is 3.94. The Labute approximate surface area is 146 Å². The number of nitrogens with one attached hydrogen (secondary N) is 1. The number of nitrogens with zero attached hydrogens (tertiary/aromatic N) is 2. The quantitative estimate of drug-likeness (QED) is 0.738. The fourth-order valence-electron chi connectivity index (χ4n) is 2.48. The number of benzene rings is 2. The molecule has 0 radical (unpaired) electrons. The van der Waals surface area contributed by atoms with Gasteiger partial charge in [0, 0.05) is 11.3 Å². The predicted molar refractivity (Wildman–Crippen MR) is 96.3 cm³/mol. The van der Waals surface area contributed by atoms with E-state index >= 15 is 0 Å². The van der Waals surface area contributed by atoms with Crippen LogP contribution in [0.3, 0.4) is 0 Å². The van der Waals surface area contributed by atoms with Crippen LogP contribution in [-0.2, 0) is 6.42 Å². The lowest BCUT2D eigenvalue weighted by Gasteiger charge is -2.04. The van der Waals surface area contributed by atoms with Crippen molar-refractivity contribution in [3.63, 3.8) is 0 Å². The molecule has 0 bridgehead atoms. The molecular weight excluding hydrogens is 316 g/mol. The van der Waals surface area contributed by atoms with E-state index in [-0.39, 0.29) is 0 Å². The first-order valence-corrected chi connectivity index (χ1v) is 8.09. The first-order valence-electron chi connectivity index (χ1n) is 8.09. The lowest BCUT2D eigenvalue weighted by Crippen LogP contribution is -2.19. The van der Waals surface area contributed by atoms with E-state index in [1.807, 2.05) is 24.3 Å². The molecule has 3 aromatic rings. The van der Waals surface area contributed by atoms with Gasteiger partial charge < -0.3 is 15.6 Å². The number of anilines is 1. The molecule has 6 nitrogen and oxygen atoms in total. The van der Waals surface area contributed by atoms with Gasteiger partial charge in [-0.2, -0.15) is 4.98 Å². The van der Waals surface area contributed by atoms with Gasteiger partial charge in [0.2, 0.25) is 11.7 Å². The van der Waals surface area contributed by atoms with Crippen LogP contribution < -0.4 is 11.1 Å². The third-order valence-electron chi connectivity index (χ3n) is 3.88. The molecule has 0 saturated carbocycles. The van der Waals surface area contributed by atoms with Gasteiger partial charge in [-0.25, -0.2) is 4.79 Å². The highest BCUT2D eigenvalue weighted by molar-refractivity contribution is 5.87. The molecule has 1 aromatic heterocycles. The molecule has 3 N–H and O–H groups in total. The lowest BCUT2D eigenvalue weighted by atomic mass is 10.0. The van der Waals surface area contributed by atoms with Crippen LogP contribution >= 0.6 is 0 Å². The van der Waals surface area contributed by atoms with Gasteiger partial charge in [-0.15, -0.1) is 0 Å². The van der Waals surface area contributed by atoms with E-state index in [0.717, 1.165) is 11.1 Å². The van der Waals surface area contributed by atoms with Gasteiger partial charge in [0.05, 0.1) is 6.42 Å². The molecule has 0 unspecified atom stereocenters. The number of hydrogen-bond acceptors (Lipinski definition) is 4. The molecule has 0 atom stereocenters. The van der Waals surface area contributed by atoms with Crippen molar-refractivity contribution in [1.82, 2.24) is 10.1 Å². The maximum absolute atomic E-state index is 10.8. The van der Waals surface area contributed by atoms with Crippen molar-refractivity contribution in [2.24, 2.45) is 5.73 Å². The summed E-state index contributed by atoms with van der Waals surface area (Å²) in [6.07, 6.45) is 0.522. The van der Waals surface area contributed by atoms with Crippen molar-refractivity contribution in [1.29, 1.82) is 0 Å². The first-order chi connectivity index (χ1) is 12.0. The average Bonchev–Trinajstić information content (AvgIpc) is 3.05. The highest BCUT2D eigenvalue weighted by Crippen LogP contribution is 2.21. The zero-order valence-corrected chi connectivity index (χ0v) is 14.2. The first kappa shape index (κ1) is 16.7. The average molecular weight is 336 g/mol. The van der Waals surface area contributed by atoms with E-state index in [1.165, 1.54) is 5.56 Å². The summed E-state index contributed by atoms with van der Waals surface area (Å²) in [6.45, 7) is 4.32. The molecule has 0 aliphatic carbocycles. The maximum Gasteiger partial charge on any atom is 0.316 e. The molecular formula is C19H20N4O2. The Kier molecular flexibility index (Phi) is 4.79. The van der Waals surface area contributed by atoms with Gasteiger partial charge >= 0.3 is 6.03 Å². The van der Waals surface area contributed by atoms with E-state index in [4.69, 9.17) is 10.3 Å². The Morgan fingerprint density at radius 3 is 2.40 bits per heavy atom. The molecule has 0 fully saturated rings. The number of carbonyl (C=O) groups is 1. The summed E-state index contributed by atoms with van der Waals surface area (Å²) in [5.41, 5.74) is 8.94. The van der Waals surface area contributed by atoms with Crippen molar-refractivity contribution in [2.75, 3.05) is 5.32 Å². The second kappa shape index (κ2) is 7.17. The maximum atomic E-state index is 10.8. The van der Waals surface area contributed by atoms with Gasteiger partial charge in [0.25, 0.3) is 0 Å². The van der Waals surface area contributed by atoms with E-state index in [1.54, 1.807) is 12.1 Å². The number of carbonyl (C=O) groups excluding carboxylic acids is 1. The van der Waals surface area contributed by atoms with Crippen molar-refractivity contribution < 1.29 is 9.32 Å². The SMILES string of the molecule is CC(C)c1ccc(-c2noc(Cc3ccc(NC(N)=O)cc3)n2)cc1. The van der Waals surface area contributed by atoms with E-state index < -0.39 is 6.03 Å². The Morgan fingerprint density at radius 1 is 1.12 bits per heavy atom. The van der Waals surface area contributed by atoms with Gasteiger partial charge in [-0.1, -0.05) is 55.4 Å². The summed E-state index contributed by atoms with van der Waals surface area (Å²) in [4.78, 5) is 15.3. The number of nitrogens with two attached hydrogens (primary N) is 1. The monoisotopic (exact) mass is 336 g/mol. The van der Waals surface area contributed by atoms with Gasteiger partial charge in [0.1, 0.15) is 0 Å². The smallest absolute Gasteiger partial charge is 0.316 e. The minimum atomic E-state index is -0.585. The van der Waals surface area contributed by atoms with Gasteiger partial charge in [-0.3, -0.25) is 0 Å². The molecule has 3 rings (SSSR count). The highest BCUT2D eigenvalue weighted by atomic mass is 16.5. The molecule has 0 saturated heterocycles. The molecule has 0 spiro atoms. The number of rotatable bonds is 5. The number of urea groups is 1. The molecule has 128 valence electrons. The molecule has 25 heavy (non-hydrogen) atoms. The minimum absolute atomic E-state index is 0.488. The lowest BCUT2D eigenvalue weighted by molar-refractivity contribution is 0.259. The largest absolute Gasteiger partial charge is 0.351 e. The second-order valence-electron chi connectivity index (χ2n) is 6.15. The minimum Gasteiger partial charge on any atom is -0.351 e. The zero-order chi connectivity index (χ0) is 17.8. The number of amides is 2. The summed E-state index contributed by atoms with van der Waals surface area (Å²) in [6, 6.07) is 14.9. The standard InChI is InChI=1S/C19H20N4O2/c1-12(2)14-5-7-15(8-6-14)18-22-17(25-23-18)11-13-3-9-16(10-4-13)21-19(20)24/h3-10,12H,11H2,1-2H3,(H3,20,21,24).